The minimum absolute atomic E-state index is 0.0229. The second-order valence-corrected chi connectivity index (χ2v) is 7.51. The molecule has 0 aromatic rings. The fourth-order valence-corrected chi connectivity index (χ4v) is 4.49. The summed E-state index contributed by atoms with van der Waals surface area (Å²) < 4.78 is -0.425. The molecule has 19 heavy (non-hydrogen) atoms. The number of carbonyl (C=O) groups excluding carboxylic acids is 1. The molecule has 0 radical (unpaired) electrons. The summed E-state index contributed by atoms with van der Waals surface area (Å²) in [5.41, 5.74) is 0. The Balaban J connectivity index is 1.96. The number of nitrogens with zero attached hydrogens (tertiary/aromatic N) is 1. The third kappa shape index (κ3) is 2.48. The molecule has 0 aromatic heterocycles. The van der Waals surface area contributed by atoms with Gasteiger partial charge in [0, 0.05) is 4.75 Å². The second kappa shape index (κ2) is 5.32. The van der Waals surface area contributed by atoms with Crippen molar-refractivity contribution in [2.75, 3.05) is 6.54 Å². The van der Waals surface area contributed by atoms with Gasteiger partial charge < -0.3 is 15.3 Å². The standard InChI is InChI=1S/C13H22N2O3S/c1-4-5-6-7-14-8-10(16)15-9(12(17)18)13(2,3)19-11(8)15/h8-9,11,14H,4-7H2,1-3H3,(H,17,18)/t8-,9+,11-/m1/s1. The molecule has 2 N–H and O–H groups in total. The van der Waals surface area contributed by atoms with Crippen LogP contribution in [0.5, 0.6) is 0 Å². The fourth-order valence-electron chi connectivity index (χ4n) is 2.83. The van der Waals surface area contributed by atoms with Crippen LogP contribution in [-0.4, -0.2) is 50.6 Å². The van der Waals surface area contributed by atoms with Crippen LogP contribution in [0.15, 0.2) is 0 Å². The number of unbranched alkanes of at least 4 members (excludes halogenated alkanes) is 2. The van der Waals surface area contributed by atoms with Gasteiger partial charge in [0.1, 0.15) is 17.5 Å². The molecule has 5 nitrogen and oxygen atoms in total. The topological polar surface area (TPSA) is 69.6 Å². The smallest absolute Gasteiger partial charge is 0.327 e. The number of carboxylic acid groups (broad SMARTS) is 1. The maximum absolute atomic E-state index is 12.1. The van der Waals surface area contributed by atoms with Crippen molar-refractivity contribution < 1.29 is 14.7 Å². The first-order valence-electron chi connectivity index (χ1n) is 6.86. The minimum atomic E-state index is -0.905. The summed E-state index contributed by atoms with van der Waals surface area (Å²) >= 11 is 1.59. The van der Waals surface area contributed by atoms with Gasteiger partial charge in [-0.3, -0.25) is 4.79 Å². The Labute approximate surface area is 118 Å². The van der Waals surface area contributed by atoms with Gasteiger partial charge in [-0.2, -0.15) is 0 Å². The molecule has 1 amide bonds. The summed E-state index contributed by atoms with van der Waals surface area (Å²) in [6.07, 6.45) is 3.36. The number of carboxylic acids is 1. The number of β-lactam (4-membered cyclic amide) rings is 1. The highest BCUT2D eigenvalue weighted by Gasteiger charge is 2.63. The summed E-state index contributed by atoms with van der Waals surface area (Å²) in [5, 5.41) is 12.5. The van der Waals surface area contributed by atoms with Crippen molar-refractivity contribution in [2.45, 2.75) is 62.2 Å². The van der Waals surface area contributed by atoms with E-state index in [4.69, 9.17) is 0 Å². The summed E-state index contributed by atoms with van der Waals surface area (Å²) in [6.45, 7) is 6.77. The summed E-state index contributed by atoms with van der Waals surface area (Å²) in [5.74, 6) is -0.968. The number of thioether (sulfide) groups is 1. The van der Waals surface area contributed by atoms with Crippen molar-refractivity contribution in [1.29, 1.82) is 0 Å². The lowest BCUT2D eigenvalue weighted by molar-refractivity contribution is -0.160. The van der Waals surface area contributed by atoms with Crippen molar-refractivity contribution in [3.63, 3.8) is 0 Å². The molecule has 2 fully saturated rings. The van der Waals surface area contributed by atoms with Gasteiger partial charge in [0.15, 0.2) is 0 Å². The Bertz CT molecular complexity index is 386. The van der Waals surface area contributed by atoms with E-state index in [1.165, 1.54) is 4.90 Å². The molecule has 0 saturated carbocycles. The van der Waals surface area contributed by atoms with Gasteiger partial charge in [0.2, 0.25) is 5.91 Å². The summed E-state index contributed by atoms with van der Waals surface area (Å²) in [4.78, 5) is 25.0. The van der Waals surface area contributed by atoms with Crippen LogP contribution in [0.3, 0.4) is 0 Å². The van der Waals surface area contributed by atoms with Crippen molar-refractivity contribution in [3.8, 4) is 0 Å². The lowest BCUT2D eigenvalue weighted by atomic mass is 9.96. The third-order valence-electron chi connectivity index (χ3n) is 3.82. The molecule has 0 aromatic carbocycles. The average molecular weight is 286 g/mol. The van der Waals surface area contributed by atoms with Crippen molar-refractivity contribution in [2.24, 2.45) is 0 Å². The van der Waals surface area contributed by atoms with Gasteiger partial charge >= 0.3 is 5.97 Å². The molecule has 2 aliphatic heterocycles. The highest BCUT2D eigenvalue weighted by atomic mass is 32.2. The predicted octanol–water partition coefficient (Wildman–Crippen LogP) is 1.28. The van der Waals surface area contributed by atoms with E-state index >= 15 is 0 Å². The number of rotatable bonds is 6. The van der Waals surface area contributed by atoms with E-state index in [1.54, 1.807) is 11.8 Å². The number of hydrogen-bond donors (Lipinski definition) is 2. The number of carbonyl (C=O) groups is 2. The van der Waals surface area contributed by atoms with Crippen LogP contribution < -0.4 is 5.32 Å². The Hall–Kier alpha value is -0.750. The Morgan fingerprint density at radius 3 is 2.74 bits per heavy atom. The van der Waals surface area contributed by atoms with Gasteiger partial charge in [0.25, 0.3) is 0 Å². The first-order valence-corrected chi connectivity index (χ1v) is 7.74. The molecule has 2 heterocycles. The zero-order chi connectivity index (χ0) is 14.2. The number of aliphatic carboxylic acids is 1. The van der Waals surface area contributed by atoms with E-state index in [0.29, 0.717) is 0 Å². The highest BCUT2D eigenvalue weighted by molar-refractivity contribution is 8.01. The van der Waals surface area contributed by atoms with E-state index in [1.807, 2.05) is 13.8 Å². The van der Waals surface area contributed by atoms with Crippen molar-refractivity contribution in [1.82, 2.24) is 10.2 Å². The van der Waals surface area contributed by atoms with Crippen molar-refractivity contribution in [3.05, 3.63) is 0 Å². The van der Waals surface area contributed by atoms with Crippen LogP contribution in [0.25, 0.3) is 0 Å². The highest BCUT2D eigenvalue weighted by Crippen LogP contribution is 2.50. The zero-order valence-electron chi connectivity index (χ0n) is 11.7. The van der Waals surface area contributed by atoms with Gasteiger partial charge in [-0.15, -0.1) is 11.8 Å². The molecular weight excluding hydrogens is 264 g/mol. The van der Waals surface area contributed by atoms with Crippen LogP contribution in [0.4, 0.5) is 0 Å². The van der Waals surface area contributed by atoms with Gasteiger partial charge in [-0.1, -0.05) is 19.8 Å². The maximum atomic E-state index is 12.1. The Morgan fingerprint density at radius 2 is 2.16 bits per heavy atom. The van der Waals surface area contributed by atoms with Gasteiger partial charge in [-0.25, -0.2) is 4.79 Å². The molecule has 3 atom stereocenters. The number of hydrogen-bond acceptors (Lipinski definition) is 4. The first-order chi connectivity index (χ1) is 8.90. The van der Waals surface area contributed by atoms with E-state index < -0.39 is 16.8 Å². The van der Waals surface area contributed by atoms with E-state index in [2.05, 4.69) is 12.2 Å². The molecular formula is C13H22N2O3S. The average Bonchev–Trinajstić information content (AvgIpc) is 2.58. The molecule has 0 aliphatic carbocycles. The minimum Gasteiger partial charge on any atom is -0.480 e. The molecule has 108 valence electrons. The van der Waals surface area contributed by atoms with Crippen LogP contribution in [0.2, 0.25) is 0 Å². The molecule has 0 unspecified atom stereocenters. The molecule has 2 aliphatic rings. The monoisotopic (exact) mass is 286 g/mol. The quantitative estimate of drug-likeness (QED) is 0.568. The van der Waals surface area contributed by atoms with Gasteiger partial charge in [-0.05, 0) is 26.8 Å². The number of nitrogens with one attached hydrogen (secondary N) is 1. The molecule has 2 rings (SSSR count). The summed E-state index contributed by atoms with van der Waals surface area (Å²) in [7, 11) is 0. The normalized spacial score (nSPS) is 32.1. The van der Waals surface area contributed by atoms with Crippen LogP contribution in [0.1, 0.15) is 40.0 Å². The SMILES string of the molecule is CCCCCN[C@@H]1C(=O)N2[C@@H]1SC(C)(C)[C@@H]2C(=O)O. The predicted molar refractivity (Wildman–Crippen MR) is 75.0 cm³/mol. The van der Waals surface area contributed by atoms with Crippen LogP contribution >= 0.6 is 11.8 Å². The molecule has 0 spiro atoms. The maximum Gasteiger partial charge on any atom is 0.327 e. The molecule has 2 saturated heterocycles. The Kier molecular flexibility index (Phi) is 4.11. The van der Waals surface area contributed by atoms with E-state index in [-0.39, 0.29) is 17.3 Å². The first kappa shape index (κ1) is 14.7. The summed E-state index contributed by atoms with van der Waals surface area (Å²) in [6, 6.07) is -0.908. The fraction of sp³-hybridized carbons (Fsp3) is 0.846. The Morgan fingerprint density at radius 1 is 1.47 bits per heavy atom. The second-order valence-electron chi connectivity index (χ2n) is 5.74. The van der Waals surface area contributed by atoms with Gasteiger partial charge in [0.05, 0.1) is 0 Å². The van der Waals surface area contributed by atoms with Crippen molar-refractivity contribution >= 4 is 23.6 Å². The van der Waals surface area contributed by atoms with E-state index in [0.717, 1.165) is 25.8 Å². The van der Waals surface area contributed by atoms with Crippen LogP contribution in [-0.2, 0) is 9.59 Å². The number of fused-ring (bicyclic) bond motifs is 1. The lowest BCUT2D eigenvalue weighted by Crippen LogP contribution is -2.70. The number of amides is 1. The van der Waals surface area contributed by atoms with Crippen LogP contribution in [0, 0.1) is 0 Å². The lowest BCUT2D eigenvalue weighted by Gasteiger charge is -2.43. The largest absolute Gasteiger partial charge is 0.480 e. The molecule has 0 bridgehead atoms. The third-order valence-corrected chi connectivity index (χ3v) is 5.39. The zero-order valence-corrected chi connectivity index (χ0v) is 12.5. The van der Waals surface area contributed by atoms with E-state index in [9.17, 15) is 14.7 Å². The molecule has 6 heteroatoms.